The largest absolute Gasteiger partial charge is 0.356 e. The van der Waals surface area contributed by atoms with Gasteiger partial charge in [-0.25, -0.2) is 14.4 Å². The second-order valence-corrected chi connectivity index (χ2v) is 7.80. The number of fused-ring (bicyclic) bond motifs is 2. The molecule has 0 N–H and O–H groups in total. The van der Waals surface area contributed by atoms with E-state index in [9.17, 15) is 9.18 Å². The summed E-state index contributed by atoms with van der Waals surface area (Å²) < 4.78 is 21.2. The van der Waals surface area contributed by atoms with Gasteiger partial charge in [0.1, 0.15) is 11.5 Å². The van der Waals surface area contributed by atoms with Crippen LogP contribution in [0.25, 0.3) is 16.7 Å². The molecular formula is C19H15BrFN5O2. The summed E-state index contributed by atoms with van der Waals surface area (Å²) in [4.78, 5) is 23.2. The van der Waals surface area contributed by atoms with Gasteiger partial charge < -0.3 is 9.42 Å². The number of aromatic nitrogens is 4. The van der Waals surface area contributed by atoms with Crippen molar-refractivity contribution < 1.29 is 13.7 Å². The van der Waals surface area contributed by atoms with Gasteiger partial charge in [-0.2, -0.15) is 0 Å². The topological polar surface area (TPSA) is 76.5 Å². The molecule has 5 rings (SSSR count). The normalized spacial score (nSPS) is 15.6. The fourth-order valence-electron chi connectivity index (χ4n) is 3.71. The Morgan fingerprint density at radius 3 is 2.89 bits per heavy atom. The smallest absolute Gasteiger partial charge is 0.274 e. The monoisotopic (exact) mass is 443 g/mol. The van der Waals surface area contributed by atoms with Crippen LogP contribution in [0.3, 0.4) is 0 Å². The van der Waals surface area contributed by atoms with Gasteiger partial charge in [0.15, 0.2) is 5.58 Å². The van der Waals surface area contributed by atoms with Crippen LogP contribution in [0.5, 0.6) is 0 Å². The first-order valence-corrected chi connectivity index (χ1v) is 9.72. The summed E-state index contributed by atoms with van der Waals surface area (Å²) in [6.45, 7) is 1.20. The highest BCUT2D eigenvalue weighted by molar-refractivity contribution is 9.10. The van der Waals surface area contributed by atoms with Crippen LogP contribution in [-0.2, 0) is 0 Å². The minimum atomic E-state index is -0.343. The number of benzene rings is 1. The van der Waals surface area contributed by atoms with Gasteiger partial charge in [-0.15, -0.1) is 0 Å². The standard InChI is InChI=1S/C19H15BrFN5O2/c20-12-8-22-19-23-15(10-26(19)9-12)18(27)25-5-3-11(4-6-25)17-14-2-1-13(21)7-16(14)28-24-17/h1-2,7-11H,3-6H2. The minimum Gasteiger partial charge on any atom is -0.356 e. The summed E-state index contributed by atoms with van der Waals surface area (Å²) in [6.07, 6.45) is 6.69. The molecule has 7 nitrogen and oxygen atoms in total. The van der Waals surface area contributed by atoms with E-state index in [4.69, 9.17) is 4.52 Å². The highest BCUT2D eigenvalue weighted by Gasteiger charge is 2.28. The number of hydrogen-bond acceptors (Lipinski definition) is 5. The molecule has 1 saturated heterocycles. The first-order valence-electron chi connectivity index (χ1n) is 8.93. The zero-order chi connectivity index (χ0) is 19.3. The van der Waals surface area contributed by atoms with Crippen LogP contribution in [0.15, 0.2) is 45.8 Å². The van der Waals surface area contributed by atoms with Crippen LogP contribution in [-0.4, -0.2) is 43.4 Å². The van der Waals surface area contributed by atoms with Crippen molar-refractivity contribution in [3.8, 4) is 0 Å². The van der Waals surface area contributed by atoms with E-state index in [1.54, 1.807) is 27.8 Å². The van der Waals surface area contributed by atoms with Crippen LogP contribution < -0.4 is 0 Å². The molecule has 1 aromatic carbocycles. The number of piperidine rings is 1. The van der Waals surface area contributed by atoms with Gasteiger partial charge in [-0.05, 0) is 40.9 Å². The van der Waals surface area contributed by atoms with Gasteiger partial charge in [0.05, 0.1) is 10.2 Å². The van der Waals surface area contributed by atoms with E-state index >= 15 is 0 Å². The number of likely N-dealkylation sites (tertiary alicyclic amines) is 1. The van der Waals surface area contributed by atoms with Gasteiger partial charge >= 0.3 is 0 Å². The molecule has 0 spiro atoms. The summed E-state index contributed by atoms with van der Waals surface area (Å²) in [6, 6.07) is 4.47. The maximum Gasteiger partial charge on any atom is 0.274 e. The molecule has 0 unspecified atom stereocenters. The summed E-state index contributed by atoms with van der Waals surface area (Å²) in [5, 5.41) is 4.99. The number of imidazole rings is 1. The van der Waals surface area contributed by atoms with Gasteiger partial charge in [0.2, 0.25) is 5.78 Å². The third-order valence-electron chi connectivity index (χ3n) is 5.13. The maximum atomic E-state index is 13.3. The first-order chi connectivity index (χ1) is 13.6. The van der Waals surface area contributed by atoms with Gasteiger partial charge in [0, 0.05) is 49.1 Å². The van der Waals surface area contributed by atoms with E-state index in [1.807, 2.05) is 6.20 Å². The fourth-order valence-corrected chi connectivity index (χ4v) is 4.03. The number of amides is 1. The van der Waals surface area contributed by atoms with E-state index in [1.165, 1.54) is 12.1 Å². The van der Waals surface area contributed by atoms with Crippen LogP contribution >= 0.6 is 15.9 Å². The molecular weight excluding hydrogens is 429 g/mol. The zero-order valence-electron chi connectivity index (χ0n) is 14.7. The van der Waals surface area contributed by atoms with Crippen molar-refractivity contribution in [2.24, 2.45) is 0 Å². The average Bonchev–Trinajstić information content (AvgIpc) is 3.30. The Morgan fingerprint density at radius 2 is 2.07 bits per heavy atom. The predicted octanol–water partition coefficient (Wildman–Crippen LogP) is 3.79. The van der Waals surface area contributed by atoms with Crippen molar-refractivity contribution in [2.45, 2.75) is 18.8 Å². The van der Waals surface area contributed by atoms with Crippen LogP contribution in [0.4, 0.5) is 4.39 Å². The lowest BCUT2D eigenvalue weighted by Crippen LogP contribution is -2.38. The molecule has 0 saturated carbocycles. The highest BCUT2D eigenvalue weighted by atomic mass is 79.9. The van der Waals surface area contributed by atoms with Gasteiger partial charge in [-0.3, -0.25) is 9.20 Å². The zero-order valence-corrected chi connectivity index (χ0v) is 16.3. The van der Waals surface area contributed by atoms with Crippen molar-refractivity contribution in [1.82, 2.24) is 24.4 Å². The quantitative estimate of drug-likeness (QED) is 0.470. The third-order valence-corrected chi connectivity index (χ3v) is 5.54. The Balaban J connectivity index is 1.32. The molecule has 1 amide bonds. The summed E-state index contributed by atoms with van der Waals surface area (Å²) in [5.74, 6) is 0.217. The van der Waals surface area contributed by atoms with Gasteiger partial charge in [0.25, 0.3) is 5.91 Å². The van der Waals surface area contributed by atoms with Crippen LogP contribution in [0.1, 0.15) is 34.9 Å². The molecule has 0 aliphatic carbocycles. The summed E-state index contributed by atoms with van der Waals surface area (Å²) in [5.41, 5.74) is 1.67. The van der Waals surface area contributed by atoms with E-state index in [2.05, 4.69) is 31.1 Å². The molecule has 0 radical (unpaired) electrons. The van der Waals surface area contributed by atoms with Crippen molar-refractivity contribution in [1.29, 1.82) is 0 Å². The van der Waals surface area contributed by atoms with Crippen molar-refractivity contribution in [2.75, 3.05) is 13.1 Å². The molecule has 3 aromatic heterocycles. The molecule has 28 heavy (non-hydrogen) atoms. The van der Waals surface area contributed by atoms with Crippen LogP contribution in [0, 0.1) is 5.82 Å². The lowest BCUT2D eigenvalue weighted by atomic mass is 9.91. The highest BCUT2D eigenvalue weighted by Crippen LogP contribution is 2.33. The Kier molecular flexibility index (Phi) is 4.12. The second kappa shape index (κ2) is 6.66. The second-order valence-electron chi connectivity index (χ2n) is 6.88. The Bertz CT molecular complexity index is 1200. The molecule has 4 aromatic rings. The Hall–Kier alpha value is -2.81. The fraction of sp³-hybridized carbons (Fsp3) is 0.263. The van der Waals surface area contributed by atoms with E-state index in [0.717, 1.165) is 28.4 Å². The number of carbonyl (C=O) groups excluding carboxylic acids is 1. The van der Waals surface area contributed by atoms with Crippen molar-refractivity contribution in [3.63, 3.8) is 0 Å². The molecule has 4 heterocycles. The summed E-state index contributed by atoms with van der Waals surface area (Å²) in [7, 11) is 0. The molecule has 1 aliphatic rings. The number of carbonyl (C=O) groups is 1. The minimum absolute atomic E-state index is 0.104. The predicted molar refractivity (Wildman–Crippen MR) is 103 cm³/mol. The Morgan fingerprint density at radius 1 is 1.25 bits per heavy atom. The SMILES string of the molecule is O=C(c1cn2cc(Br)cnc2n1)N1CCC(c2noc3cc(F)ccc23)CC1. The average molecular weight is 444 g/mol. The number of rotatable bonds is 2. The molecule has 0 bridgehead atoms. The summed E-state index contributed by atoms with van der Waals surface area (Å²) >= 11 is 3.36. The number of halogens is 2. The van der Waals surface area contributed by atoms with Crippen molar-refractivity contribution >= 4 is 38.6 Å². The first kappa shape index (κ1) is 17.3. The number of nitrogens with zero attached hydrogens (tertiary/aromatic N) is 5. The van der Waals surface area contributed by atoms with Gasteiger partial charge in [-0.1, -0.05) is 5.16 Å². The molecule has 1 fully saturated rings. The molecule has 142 valence electrons. The third kappa shape index (κ3) is 2.95. The van der Waals surface area contributed by atoms with Crippen molar-refractivity contribution in [3.05, 3.63) is 58.5 Å². The van der Waals surface area contributed by atoms with Crippen LogP contribution in [0.2, 0.25) is 0 Å². The van der Waals surface area contributed by atoms with E-state index in [-0.39, 0.29) is 17.6 Å². The molecule has 0 atom stereocenters. The lowest BCUT2D eigenvalue weighted by molar-refractivity contribution is 0.0706. The lowest BCUT2D eigenvalue weighted by Gasteiger charge is -2.30. The molecule has 1 aliphatic heterocycles. The molecule has 9 heteroatoms. The Labute approximate surface area is 167 Å². The maximum absolute atomic E-state index is 13.3. The van der Waals surface area contributed by atoms with E-state index < -0.39 is 0 Å². The van der Waals surface area contributed by atoms with E-state index in [0.29, 0.717) is 30.1 Å². The number of hydrogen-bond donors (Lipinski definition) is 0.